The van der Waals surface area contributed by atoms with Crippen LogP contribution in [0.4, 0.5) is 32.0 Å². The van der Waals surface area contributed by atoms with E-state index in [1.54, 1.807) is 0 Å². The monoisotopic (exact) mass is 380 g/mol. The van der Waals surface area contributed by atoms with Crippen LogP contribution < -0.4 is 10.7 Å². The van der Waals surface area contributed by atoms with Gasteiger partial charge in [0.25, 0.3) is 0 Å². The molecule has 0 bridgehead atoms. The van der Waals surface area contributed by atoms with E-state index in [4.69, 9.17) is 17.5 Å². The topological polar surface area (TPSA) is 60.2 Å². The number of nitriles is 1. The molecule has 0 spiro atoms. The minimum Gasteiger partial charge on any atom is -0.348 e. The zero-order chi connectivity index (χ0) is 19.0. The highest BCUT2D eigenvalue weighted by atomic mass is 32.1. The largest absolute Gasteiger partial charge is 0.431 e. The van der Waals surface area contributed by atoms with E-state index < -0.39 is 41.2 Å². The number of hydrogen-bond acceptors (Lipinski definition) is 4. The normalized spacial score (nSPS) is 20.5. The van der Waals surface area contributed by atoms with Crippen LogP contribution in [-0.2, 0) is 6.18 Å². The maximum absolute atomic E-state index is 12.9. The fourth-order valence-electron chi connectivity index (χ4n) is 2.12. The minimum atomic E-state index is -4.76. The van der Waals surface area contributed by atoms with Crippen molar-refractivity contribution in [2.75, 3.05) is 5.32 Å². The lowest BCUT2D eigenvalue weighted by Crippen LogP contribution is -2.47. The van der Waals surface area contributed by atoms with Crippen LogP contribution in [-0.4, -0.2) is 22.4 Å². The van der Waals surface area contributed by atoms with Crippen molar-refractivity contribution in [3.05, 3.63) is 29.3 Å². The molecular formula is C14H10F6N4S. The van der Waals surface area contributed by atoms with Crippen molar-refractivity contribution in [1.29, 1.82) is 5.26 Å². The van der Waals surface area contributed by atoms with Crippen LogP contribution in [0.2, 0.25) is 0 Å². The third-order valence-electron chi connectivity index (χ3n) is 3.49. The summed E-state index contributed by atoms with van der Waals surface area (Å²) >= 11 is 5.02. The average molecular weight is 380 g/mol. The molecule has 11 heteroatoms. The Morgan fingerprint density at radius 3 is 2.40 bits per heavy atom. The number of halogens is 6. The molecule has 1 aliphatic rings. The van der Waals surface area contributed by atoms with Gasteiger partial charge in [0.15, 0.2) is 0 Å². The lowest BCUT2D eigenvalue weighted by atomic mass is 9.96. The summed E-state index contributed by atoms with van der Waals surface area (Å²) in [7, 11) is 0. The molecule has 1 heterocycles. The van der Waals surface area contributed by atoms with E-state index in [1.165, 1.54) is 19.1 Å². The molecule has 0 amide bonds. The fourth-order valence-corrected chi connectivity index (χ4v) is 2.36. The van der Waals surface area contributed by atoms with E-state index in [1.807, 2.05) is 0 Å². The Kier molecular flexibility index (Phi) is 4.69. The Balaban J connectivity index is 2.21. The Morgan fingerprint density at radius 2 is 1.92 bits per heavy atom. The van der Waals surface area contributed by atoms with Gasteiger partial charge in [-0.3, -0.25) is 5.43 Å². The lowest BCUT2D eigenvalue weighted by molar-refractivity contribution is -0.137. The highest BCUT2D eigenvalue weighted by Crippen LogP contribution is 2.34. The lowest BCUT2D eigenvalue weighted by Gasteiger charge is -2.26. The van der Waals surface area contributed by atoms with Gasteiger partial charge in [0.1, 0.15) is 16.2 Å². The molecule has 1 aliphatic heterocycles. The zero-order valence-electron chi connectivity index (χ0n) is 12.5. The van der Waals surface area contributed by atoms with Crippen molar-refractivity contribution in [3.63, 3.8) is 0 Å². The summed E-state index contributed by atoms with van der Waals surface area (Å²) in [5, 5.41) is 14.4. The third-order valence-corrected chi connectivity index (χ3v) is 4.04. The maximum Gasteiger partial charge on any atom is 0.431 e. The number of nitrogens with zero attached hydrogens (tertiary/aromatic N) is 2. The maximum atomic E-state index is 12.9. The summed E-state index contributed by atoms with van der Waals surface area (Å²) in [6.45, 7) is 1.35. The molecule has 1 atom stereocenters. The van der Waals surface area contributed by atoms with Crippen LogP contribution in [0.25, 0.3) is 0 Å². The van der Waals surface area contributed by atoms with Crippen molar-refractivity contribution in [2.24, 2.45) is 5.10 Å². The first-order chi connectivity index (χ1) is 11.4. The highest BCUT2D eigenvalue weighted by molar-refractivity contribution is 7.80. The second-order valence-electron chi connectivity index (χ2n) is 5.50. The van der Waals surface area contributed by atoms with E-state index in [2.05, 4.69) is 15.8 Å². The predicted molar refractivity (Wildman–Crippen MR) is 82.0 cm³/mol. The number of thiocarbonyl (C=S) groups is 1. The highest BCUT2D eigenvalue weighted by Gasteiger charge is 2.46. The first-order valence-corrected chi connectivity index (χ1v) is 7.11. The summed E-state index contributed by atoms with van der Waals surface area (Å²) in [5.74, 6) is 0. The molecule has 2 rings (SSSR count). The average Bonchev–Trinajstić information content (AvgIpc) is 2.90. The van der Waals surface area contributed by atoms with Crippen molar-refractivity contribution in [3.8, 4) is 6.07 Å². The van der Waals surface area contributed by atoms with Crippen LogP contribution in [0.1, 0.15) is 24.5 Å². The third kappa shape index (κ3) is 4.01. The number of alkyl halides is 6. The second-order valence-corrected chi connectivity index (χ2v) is 5.91. The quantitative estimate of drug-likeness (QED) is 0.602. The molecule has 0 aliphatic carbocycles. The summed E-state index contributed by atoms with van der Waals surface area (Å²) in [4.78, 5) is -0.159. The number of hydrogen-bond donors (Lipinski definition) is 2. The van der Waals surface area contributed by atoms with Gasteiger partial charge in [-0.1, -0.05) is 12.2 Å². The second kappa shape index (κ2) is 6.18. The molecule has 1 aromatic carbocycles. The van der Waals surface area contributed by atoms with Crippen LogP contribution >= 0.6 is 12.2 Å². The first-order valence-electron chi connectivity index (χ1n) is 6.70. The van der Waals surface area contributed by atoms with Gasteiger partial charge >= 0.3 is 12.4 Å². The predicted octanol–water partition coefficient (Wildman–Crippen LogP) is 3.99. The van der Waals surface area contributed by atoms with E-state index in [0.29, 0.717) is 6.07 Å². The van der Waals surface area contributed by atoms with Gasteiger partial charge in [-0.15, -0.1) is 0 Å². The van der Waals surface area contributed by atoms with E-state index in [9.17, 15) is 26.3 Å². The molecule has 0 aromatic heterocycles. The molecule has 1 aromatic rings. The smallest absolute Gasteiger partial charge is 0.348 e. The fraction of sp³-hybridized carbons (Fsp3) is 0.357. The Bertz CT molecular complexity index is 777. The van der Waals surface area contributed by atoms with E-state index in [0.717, 1.165) is 6.07 Å². The van der Waals surface area contributed by atoms with Crippen LogP contribution in [0.3, 0.4) is 0 Å². The molecule has 1 unspecified atom stereocenters. The minimum absolute atomic E-state index is 0.0974. The van der Waals surface area contributed by atoms with Crippen molar-refractivity contribution >= 4 is 28.6 Å². The standard InChI is InChI=1S/C14H10F6N4S/c1-12(5-10(23-24-12)14(18,19)20)11(25)22-8-3-2-7(6-21)9(4-8)13(15,16)17/h2-4,24H,5H2,1H3,(H,22,25). The van der Waals surface area contributed by atoms with E-state index in [-0.39, 0.29) is 10.7 Å². The summed E-state index contributed by atoms with van der Waals surface area (Å²) in [6, 6.07) is 4.25. The molecule has 0 fully saturated rings. The van der Waals surface area contributed by atoms with Gasteiger partial charge in [-0.25, -0.2) is 0 Å². The van der Waals surface area contributed by atoms with Gasteiger partial charge in [-0.2, -0.15) is 36.7 Å². The Labute approximate surface area is 143 Å². The van der Waals surface area contributed by atoms with Gasteiger partial charge in [0.2, 0.25) is 0 Å². The molecule has 0 saturated carbocycles. The number of hydrazone groups is 1. The number of rotatable bonds is 2. The summed E-state index contributed by atoms with van der Waals surface area (Å²) in [6.07, 6.45) is -9.95. The van der Waals surface area contributed by atoms with Crippen LogP contribution in [0.15, 0.2) is 23.3 Å². The van der Waals surface area contributed by atoms with Gasteiger partial charge in [-0.05, 0) is 25.1 Å². The molecule has 0 saturated heterocycles. The Hall–Kier alpha value is -2.35. The number of benzene rings is 1. The molecule has 134 valence electrons. The number of anilines is 1. The Morgan fingerprint density at radius 1 is 1.28 bits per heavy atom. The molecule has 2 N–H and O–H groups in total. The van der Waals surface area contributed by atoms with Crippen molar-refractivity contribution in [1.82, 2.24) is 5.43 Å². The summed E-state index contributed by atoms with van der Waals surface area (Å²) < 4.78 is 76.8. The van der Waals surface area contributed by atoms with Gasteiger partial charge in [0.05, 0.1) is 17.2 Å². The van der Waals surface area contributed by atoms with Crippen LogP contribution in [0.5, 0.6) is 0 Å². The SMILES string of the molecule is CC1(C(=S)Nc2ccc(C#N)c(C(F)(F)F)c2)CC(C(F)(F)F)=NN1. The zero-order valence-corrected chi connectivity index (χ0v) is 13.3. The number of nitrogens with one attached hydrogen (secondary N) is 2. The summed E-state index contributed by atoms with van der Waals surface area (Å²) in [5.41, 5.74) is -2.03. The van der Waals surface area contributed by atoms with Gasteiger partial charge < -0.3 is 5.32 Å². The van der Waals surface area contributed by atoms with E-state index >= 15 is 0 Å². The molecule has 4 nitrogen and oxygen atoms in total. The van der Waals surface area contributed by atoms with Crippen molar-refractivity contribution < 1.29 is 26.3 Å². The van der Waals surface area contributed by atoms with Crippen molar-refractivity contribution in [2.45, 2.75) is 31.2 Å². The first kappa shape index (κ1) is 19.0. The molecule has 0 radical (unpaired) electrons. The van der Waals surface area contributed by atoms with Gasteiger partial charge in [0, 0.05) is 12.1 Å². The van der Waals surface area contributed by atoms with Crippen LogP contribution in [0, 0.1) is 11.3 Å². The molecular weight excluding hydrogens is 370 g/mol. The molecule has 25 heavy (non-hydrogen) atoms.